The molecule has 5 heteroatoms. The van der Waals surface area contributed by atoms with Crippen LogP contribution in [0.1, 0.15) is 31.2 Å². The molecule has 0 spiro atoms. The van der Waals surface area contributed by atoms with Crippen LogP contribution in [0.15, 0.2) is 12.1 Å². The number of benzene rings is 1. The van der Waals surface area contributed by atoms with Gasteiger partial charge in [0.05, 0.1) is 5.60 Å². The Kier molecular flexibility index (Phi) is 3.29. The van der Waals surface area contributed by atoms with Crippen LogP contribution in [0.25, 0.3) is 0 Å². The van der Waals surface area contributed by atoms with Gasteiger partial charge in [-0.3, -0.25) is 0 Å². The Bertz CT molecular complexity index is 470. The summed E-state index contributed by atoms with van der Waals surface area (Å²) >= 11 is 1.91. The van der Waals surface area contributed by atoms with Crippen LogP contribution in [-0.4, -0.2) is 21.2 Å². The van der Waals surface area contributed by atoms with Crippen molar-refractivity contribution in [3.05, 3.63) is 35.1 Å². The Balaban J connectivity index is 1.81. The van der Waals surface area contributed by atoms with E-state index in [4.69, 9.17) is 0 Å². The van der Waals surface area contributed by atoms with Gasteiger partial charge in [0, 0.05) is 16.9 Å². The Labute approximate surface area is 114 Å². The van der Waals surface area contributed by atoms with Gasteiger partial charge in [0.1, 0.15) is 0 Å². The van der Waals surface area contributed by atoms with Crippen molar-refractivity contribution in [3.8, 4) is 0 Å². The number of hydrogen-bond acceptors (Lipinski definition) is 2. The Morgan fingerprint density at radius 2 is 1.63 bits per heavy atom. The molecule has 0 saturated carbocycles. The van der Waals surface area contributed by atoms with Crippen molar-refractivity contribution in [2.24, 2.45) is 0 Å². The van der Waals surface area contributed by atoms with E-state index >= 15 is 0 Å². The summed E-state index contributed by atoms with van der Waals surface area (Å²) in [4.78, 5) is 0. The third-order valence-electron chi connectivity index (χ3n) is 3.99. The number of aliphatic hydroxyl groups is 1. The summed E-state index contributed by atoms with van der Waals surface area (Å²) < 4.78 is 39.3. The van der Waals surface area contributed by atoms with Crippen LogP contribution in [0, 0.1) is 17.5 Å². The third-order valence-corrected chi connectivity index (χ3v) is 5.56. The molecule has 2 unspecified atom stereocenters. The first-order valence-corrected chi connectivity index (χ1v) is 7.41. The van der Waals surface area contributed by atoms with Gasteiger partial charge in [0.2, 0.25) is 0 Å². The second-order valence-corrected chi connectivity index (χ2v) is 7.25. The lowest BCUT2D eigenvalue weighted by molar-refractivity contribution is 0.0241. The van der Waals surface area contributed by atoms with E-state index in [0.29, 0.717) is 28.9 Å². The van der Waals surface area contributed by atoms with Crippen LogP contribution in [-0.2, 0) is 6.42 Å². The second-order valence-electron chi connectivity index (χ2n) is 5.64. The lowest BCUT2D eigenvalue weighted by Gasteiger charge is -2.36. The minimum Gasteiger partial charge on any atom is -0.389 e. The standard InChI is InChI=1S/C14H15F3OS/c15-11-3-8(4-12(16)13(11)17)5-14(18)6-9-1-2-10(7-14)19-9/h3-4,9-10,18H,1-2,5-7H2. The van der Waals surface area contributed by atoms with Gasteiger partial charge < -0.3 is 5.11 Å². The lowest BCUT2D eigenvalue weighted by atomic mass is 9.87. The monoisotopic (exact) mass is 288 g/mol. The molecule has 104 valence electrons. The molecule has 19 heavy (non-hydrogen) atoms. The van der Waals surface area contributed by atoms with Crippen LogP contribution in [0.4, 0.5) is 13.2 Å². The lowest BCUT2D eigenvalue weighted by Crippen LogP contribution is -2.39. The molecule has 2 aliphatic heterocycles. The molecule has 0 radical (unpaired) electrons. The van der Waals surface area contributed by atoms with Crippen LogP contribution < -0.4 is 0 Å². The molecule has 2 saturated heterocycles. The summed E-state index contributed by atoms with van der Waals surface area (Å²) in [6, 6.07) is 1.97. The third kappa shape index (κ3) is 2.63. The quantitative estimate of drug-likeness (QED) is 0.841. The number of halogens is 3. The van der Waals surface area contributed by atoms with Gasteiger partial charge in [-0.1, -0.05) is 0 Å². The second kappa shape index (κ2) is 4.70. The van der Waals surface area contributed by atoms with Gasteiger partial charge >= 0.3 is 0 Å². The summed E-state index contributed by atoms with van der Waals surface area (Å²) in [5.41, 5.74) is -0.585. The molecule has 2 aliphatic rings. The Morgan fingerprint density at radius 1 is 1.11 bits per heavy atom. The van der Waals surface area contributed by atoms with E-state index in [2.05, 4.69) is 0 Å². The molecule has 0 amide bonds. The van der Waals surface area contributed by atoms with Gasteiger partial charge in [-0.05, 0) is 43.4 Å². The highest BCUT2D eigenvalue weighted by atomic mass is 32.2. The smallest absolute Gasteiger partial charge is 0.194 e. The summed E-state index contributed by atoms with van der Waals surface area (Å²) in [5, 5.41) is 11.5. The number of thioether (sulfide) groups is 1. The van der Waals surface area contributed by atoms with E-state index < -0.39 is 23.1 Å². The topological polar surface area (TPSA) is 20.2 Å². The molecular weight excluding hydrogens is 273 g/mol. The molecule has 1 nitrogen and oxygen atoms in total. The largest absolute Gasteiger partial charge is 0.389 e. The zero-order valence-corrected chi connectivity index (χ0v) is 11.2. The fourth-order valence-electron chi connectivity index (χ4n) is 3.25. The molecule has 0 aliphatic carbocycles. The maximum Gasteiger partial charge on any atom is 0.194 e. The van der Waals surface area contributed by atoms with Crippen molar-refractivity contribution in [2.75, 3.05) is 0 Å². The number of hydrogen-bond donors (Lipinski definition) is 1. The SMILES string of the molecule is OC1(Cc2cc(F)c(F)c(F)c2)CC2CCC(C1)S2. The predicted octanol–water partition coefficient (Wildman–Crippen LogP) is 3.44. The van der Waals surface area contributed by atoms with E-state index in [1.165, 1.54) is 0 Å². The maximum absolute atomic E-state index is 13.2. The summed E-state index contributed by atoms with van der Waals surface area (Å²) in [5.74, 6) is -3.83. The van der Waals surface area contributed by atoms with E-state index in [0.717, 1.165) is 25.0 Å². The molecule has 2 bridgehead atoms. The van der Waals surface area contributed by atoms with E-state index in [1.807, 2.05) is 11.8 Å². The Hall–Kier alpha value is -0.680. The van der Waals surface area contributed by atoms with Gasteiger partial charge in [0.25, 0.3) is 0 Å². The molecule has 3 rings (SSSR count). The fraction of sp³-hybridized carbons (Fsp3) is 0.571. The average molecular weight is 288 g/mol. The molecule has 1 aromatic carbocycles. The zero-order valence-electron chi connectivity index (χ0n) is 10.3. The molecule has 2 atom stereocenters. The molecule has 2 fully saturated rings. The van der Waals surface area contributed by atoms with Crippen molar-refractivity contribution in [1.29, 1.82) is 0 Å². The van der Waals surface area contributed by atoms with Crippen molar-refractivity contribution < 1.29 is 18.3 Å². The van der Waals surface area contributed by atoms with Gasteiger partial charge in [-0.2, -0.15) is 11.8 Å². The van der Waals surface area contributed by atoms with Crippen LogP contribution in [0.2, 0.25) is 0 Å². The minimum absolute atomic E-state index is 0.189. The van der Waals surface area contributed by atoms with E-state index in [1.54, 1.807) is 0 Å². The number of fused-ring (bicyclic) bond motifs is 2. The summed E-state index contributed by atoms with van der Waals surface area (Å²) in [6.07, 6.45) is 3.69. The molecule has 1 N–H and O–H groups in total. The predicted molar refractivity (Wildman–Crippen MR) is 68.6 cm³/mol. The first-order chi connectivity index (χ1) is 8.95. The van der Waals surface area contributed by atoms with Gasteiger partial charge in [-0.15, -0.1) is 0 Å². The molecule has 1 aromatic rings. The van der Waals surface area contributed by atoms with Crippen LogP contribution >= 0.6 is 11.8 Å². The molecule has 0 aromatic heterocycles. The summed E-state index contributed by atoms with van der Waals surface area (Å²) in [6.45, 7) is 0. The highest BCUT2D eigenvalue weighted by Gasteiger charge is 2.43. The summed E-state index contributed by atoms with van der Waals surface area (Å²) in [7, 11) is 0. The molecular formula is C14H15F3OS. The zero-order chi connectivity index (χ0) is 13.6. The van der Waals surface area contributed by atoms with Crippen LogP contribution in [0.3, 0.4) is 0 Å². The van der Waals surface area contributed by atoms with E-state index in [9.17, 15) is 18.3 Å². The number of rotatable bonds is 2. The normalized spacial score (nSPS) is 33.7. The first kappa shape index (κ1) is 13.3. The van der Waals surface area contributed by atoms with Crippen molar-refractivity contribution >= 4 is 11.8 Å². The van der Waals surface area contributed by atoms with Crippen molar-refractivity contribution in [1.82, 2.24) is 0 Å². The first-order valence-electron chi connectivity index (χ1n) is 6.46. The van der Waals surface area contributed by atoms with Crippen molar-refractivity contribution in [2.45, 2.75) is 48.2 Å². The highest BCUT2D eigenvalue weighted by Crippen LogP contribution is 2.48. The maximum atomic E-state index is 13.2. The van der Waals surface area contributed by atoms with Crippen LogP contribution in [0.5, 0.6) is 0 Å². The van der Waals surface area contributed by atoms with Crippen molar-refractivity contribution in [3.63, 3.8) is 0 Å². The minimum atomic E-state index is -1.45. The van der Waals surface area contributed by atoms with E-state index in [-0.39, 0.29) is 6.42 Å². The van der Waals surface area contributed by atoms with Gasteiger partial charge in [-0.25, -0.2) is 13.2 Å². The Morgan fingerprint density at radius 3 is 2.16 bits per heavy atom. The average Bonchev–Trinajstić information content (AvgIpc) is 2.66. The highest BCUT2D eigenvalue weighted by molar-refractivity contribution is 8.00. The molecule has 2 heterocycles. The van der Waals surface area contributed by atoms with Gasteiger partial charge in [0.15, 0.2) is 17.5 Å². The fourth-order valence-corrected chi connectivity index (χ4v) is 5.15.